The molecule has 0 heterocycles. The van der Waals surface area contributed by atoms with Gasteiger partial charge < -0.3 is 10.4 Å². The lowest BCUT2D eigenvalue weighted by Crippen LogP contribution is -2.45. The predicted molar refractivity (Wildman–Crippen MR) is 70.0 cm³/mol. The summed E-state index contributed by atoms with van der Waals surface area (Å²) in [5.41, 5.74) is -0.653. The molecule has 0 aromatic rings. The summed E-state index contributed by atoms with van der Waals surface area (Å²) in [5, 5.41) is 21.7. The van der Waals surface area contributed by atoms with E-state index in [4.69, 9.17) is 5.26 Å². The molecule has 0 aliphatic heterocycles. The number of nitrogens with one attached hydrogen (secondary N) is 1. The highest BCUT2D eigenvalue weighted by Crippen LogP contribution is 2.28. The number of aliphatic carboxylic acids is 1. The summed E-state index contributed by atoms with van der Waals surface area (Å²) in [6.45, 7) is 4.37. The molecule has 102 valence electrons. The molecule has 4 heteroatoms. The van der Waals surface area contributed by atoms with Gasteiger partial charge in [-0.2, -0.15) is 5.26 Å². The molecule has 0 aromatic heterocycles. The van der Waals surface area contributed by atoms with Crippen LogP contribution in [0.3, 0.4) is 0 Å². The maximum absolute atomic E-state index is 11.4. The monoisotopic (exact) mass is 252 g/mol. The fourth-order valence-corrected chi connectivity index (χ4v) is 2.71. The molecule has 2 unspecified atom stereocenters. The van der Waals surface area contributed by atoms with E-state index in [0.29, 0.717) is 25.4 Å². The first-order chi connectivity index (χ1) is 8.57. The number of carbonyl (C=O) groups is 1. The summed E-state index contributed by atoms with van der Waals surface area (Å²) in [5.74, 6) is -0.577. The average molecular weight is 252 g/mol. The third-order valence-corrected chi connectivity index (χ3v) is 4.39. The Kier molecular flexibility index (Phi) is 5.61. The normalized spacial score (nSPS) is 24.5. The highest BCUT2D eigenvalue weighted by Gasteiger charge is 2.35. The zero-order valence-electron chi connectivity index (χ0n) is 11.4. The Morgan fingerprint density at radius 3 is 2.61 bits per heavy atom. The molecule has 1 aliphatic rings. The molecule has 0 saturated heterocycles. The summed E-state index contributed by atoms with van der Waals surface area (Å²) in [6, 6.07) is 2.63. The maximum atomic E-state index is 11.4. The number of nitriles is 1. The van der Waals surface area contributed by atoms with Gasteiger partial charge in [0.15, 0.2) is 0 Å². The third-order valence-electron chi connectivity index (χ3n) is 4.39. The van der Waals surface area contributed by atoms with E-state index >= 15 is 0 Å². The van der Waals surface area contributed by atoms with E-state index in [1.165, 1.54) is 0 Å². The van der Waals surface area contributed by atoms with E-state index in [0.717, 1.165) is 25.7 Å². The zero-order valence-corrected chi connectivity index (χ0v) is 11.4. The van der Waals surface area contributed by atoms with Gasteiger partial charge in [-0.15, -0.1) is 0 Å². The van der Waals surface area contributed by atoms with Crippen LogP contribution >= 0.6 is 0 Å². The summed E-state index contributed by atoms with van der Waals surface area (Å²) in [4.78, 5) is 11.4. The lowest BCUT2D eigenvalue weighted by Gasteiger charge is -2.32. The van der Waals surface area contributed by atoms with E-state index in [2.05, 4.69) is 11.4 Å². The highest BCUT2D eigenvalue weighted by molar-refractivity contribution is 5.74. The molecule has 1 fully saturated rings. The Hall–Kier alpha value is -1.08. The number of hydrogen-bond donors (Lipinski definition) is 2. The molecule has 1 aliphatic carbocycles. The van der Waals surface area contributed by atoms with Gasteiger partial charge in [-0.3, -0.25) is 4.79 Å². The van der Waals surface area contributed by atoms with Crippen LogP contribution in [0.5, 0.6) is 0 Å². The van der Waals surface area contributed by atoms with Gasteiger partial charge in [-0.1, -0.05) is 20.3 Å². The smallest absolute Gasteiger partial charge is 0.310 e. The van der Waals surface area contributed by atoms with Crippen molar-refractivity contribution < 1.29 is 9.90 Å². The summed E-state index contributed by atoms with van der Waals surface area (Å²) >= 11 is 0. The first-order valence-electron chi connectivity index (χ1n) is 6.94. The van der Waals surface area contributed by atoms with Gasteiger partial charge in [0.1, 0.15) is 0 Å². The molecular weight excluding hydrogens is 228 g/mol. The van der Waals surface area contributed by atoms with Crippen LogP contribution in [-0.2, 0) is 4.79 Å². The number of hydrogen-bond acceptors (Lipinski definition) is 3. The van der Waals surface area contributed by atoms with Crippen LogP contribution in [0.4, 0.5) is 0 Å². The van der Waals surface area contributed by atoms with E-state index in [1.54, 1.807) is 0 Å². The Labute approximate surface area is 109 Å². The second-order valence-electron chi connectivity index (χ2n) is 5.36. The molecular formula is C14H24N2O2. The minimum Gasteiger partial charge on any atom is -0.481 e. The van der Waals surface area contributed by atoms with Gasteiger partial charge in [0.25, 0.3) is 0 Å². The van der Waals surface area contributed by atoms with Crippen molar-refractivity contribution in [1.29, 1.82) is 5.26 Å². The van der Waals surface area contributed by atoms with Crippen molar-refractivity contribution in [2.45, 2.75) is 58.4 Å². The number of carboxylic acid groups (broad SMARTS) is 1. The quantitative estimate of drug-likeness (QED) is 0.762. The number of rotatable bonds is 6. The predicted octanol–water partition coefficient (Wildman–Crippen LogP) is 2.55. The minimum absolute atomic E-state index is 0.138. The maximum Gasteiger partial charge on any atom is 0.310 e. The van der Waals surface area contributed by atoms with Crippen LogP contribution in [0.1, 0.15) is 52.4 Å². The standard InChI is InChI=1S/C14H24N2O2/c1-3-14(4-2,13(17)18)10-16-12-7-5-6-11(8-12)9-15/h11-12,16H,3-8,10H2,1-2H3,(H,17,18). The lowest BCUT2D eigenvalue weighted by atomic mass is 9.81. The molecule has 4 nitrogen and oxygen atoms in total. The molecule has 0 radical (unpaired) electrons. The number of carboxylic acids is 1. The second-order valence-corrected chi connectivity index (χ2v) is 5.36. The molecule has 0 aromatic carbocycles. The van der Waals surface area contributed by atoms with Crippen molar-refractivity contribution in [2.24, 2.45) is 11.3 Å². The Morgan fingerprint density at radius 2 is 2.11 bits per heavy atom. The van der Waals surface area contributed by atoms with E-state index in [9.17, 15) is 9.90 Å². The van der Waals surface area contributed by atoms with Crippen LogP contribution in [0.15, 0.2) is 0 Å². The molecule has 1 rings (SSSR count). The van der Waals surface area contributed by atoms with Crippen LogP contribution in [0.2, 0.25) is 0 Å². The van der Waals surface area contributed by atoms with E-state index in [-0.39, 0.29) is 5.92 Å². The average Bonchev–Trinajstić information content (AvgIpc) is 2.40. The highest BCUT2D eigenvalue weighted by atomic mass is 16.4. The fraction of sp³-hybridized carbons (Fsp3) is 0.857. The first kappa shape index (κ1) is 15.0. The first-order valence-corrected chi connectivity index (χ1v) is 6.94. The van der Waals surface area contributed by atoms with Crippen LogP contribution in [0, 0.1) is 22.7 Å². The molecule has 2 atom stereocenters. The van der Waals surface area contributed by atoms with Gasteiger partial charge in [0.05, 0.1) is 11.5 Å². The van der Waals surface area contributed by atoms with Crippen LogP contribution in [0.25, 0.3) is 0 Å². The van der Waals surface area contributed by atoms with Gasteiger partial charge in [-0.25, -0.2) is 0 Å². The van der Waals surface area contributed by atoms with Crippen molar-refractivity contribution in [2.75, 3.05) is 6.54 Å². The van der Waals surface area contributed by atoms with Gasteiger partial charge >= 0.3 is 5.97 Å². The van der Waals surface area contributed by atoms with Gasteiger partial charge in [0, 0.05) is 18.5 Å². The largest absolute Gasteiger partial charge is 0.481 e. The molecule has 0 amide bonds. The summed E-state index contributed by atoms with van der Waals surface area (Å²) < 4.78 is 0. The van der Waals surface area contributed by atoms with Crippen molar-refractivity contribution in [3.8, 4) is 6.07 Å². The van der Waals surface area contributed by atoms with E-state index in [1.807, 2.05) is 13.8 Å². The van der Waals surface area contributed by atoms with Crippen molar-refractivity contribution in [3.05, 3.63) is 0 Å². The van der Waals surface area contributed by atoms with Crippen molar-refractivity contribution in [1.82, 2.24) is 5.32 Å². The van der Waals surface area contributed by atoms with Gasteiger partial charge in [-0.05, 0) is 32.1 Å². The van der Waals surface area contributed by atoms with Gasteiger partial charge in [0.2, 0.25) is 0 Å². The molecule has 0 spiro atoms. The Bertz CT molecular complexity index is 318. The van der Waals surface area contributed by atoms with Crippen LogP contribution < -0.4 is 5.32 Å². The zero-order chi connectivity index (χ0) is 13.6. The Morgan fingerprint density at radius 1 is 1.44 bits per heavy atom. The molecule has 1 saturated carbocycles. The van der Waals surface area contributed by atoms with Crippen molar-refractivity contribution >= 4 is 5.97 Å². The topological polar surface area (TPSA) is 73.1 Å². The lowest BCUT2D eigenvalue weighted by molar-refractivity contribution is -0.149. The Balaban J connectivity index is 2.52. The van der Waals surface area contributed by atoms with Crippen LogP contribution in [-0.4, -0.2) is 23.7 Å². The van der Waals surface area contributed by atoms with E-state index < -0.39 is 11.4 Å². The molecule has 18 heavy (non-hydrogen) atoms. The second kappa shape index (κ2) is 6.75. The molecule has 2 N–H and O–H groups in total. The third kappa shape index (κ3) is 3.46. The minimum atomic E-state index is -0.715. The SMILES string of the molecule is CCC(CC)(CNC1CCCC(C#N)C1)C(=O)O. The molecule has 0 bridgehead atoms. The van der Waals surface area contributed by atoms with Crippen molar-refractivity contribution in [3.63, 3.8) is 0 Å². The number of nitrogens with zero attached hydrogens (tertiary/aromatic N) is 1. The summed E-state index contributed by atoms with van der Waals surface area (Å²) in [7, 11) is 0. The summed E-state index contributed by atoms with van der Waals surface area (Å²) in [6.07, 6.45) is 5.25. The fourth-order valence-electron chi connectivity index (χ4n) is 2.71.